The van der Waals surface area contributed by atoms with Crippen LogP contribution in [0.5, 0.6) is 0 Å². The average Bonchev–Trinajstić information content (AvgIpc) is 2.53. The Hall–Kier alpha value is -2.03. The molecule has 94 valence electrons. The van der Waals surface area contributed by atoms with Crippen molar-refractivity contribution in [2.24, 2.45) is 5.73 Å². The van der Waals surface area contributed by atoms with Gasteiger partial charge in [0.25, 0.3) is 0 Å². The van der Waals surface area contributed by atoms with E-state index < -0.39 is 6.10 Å². The topological polar surface area (TPSA) is 52.3 Å². The van der Waals surface area contributed by atoms with Gasteiger partial charge in [0.15, 0.2) is 12.0 Å². The lowest BCUT2D eigenvalue weighted by Gasteiger charge is -2.06. The van der Waals surface area contributed by atoms with Crippen LogP contribution in [0.25, 0.3) is 5.57 Å². The van der Waals surface area contributed by atoms with Gasteiger partial charge in [0.2, 0.25) is 5.78 Å². The molecule has 2 N–H and O–H groups in total. The van der Waals surface area contributed by atoms with Gasteiger partial charge in [-0.05, 0) is 19.4 Å². The zero-order valence-electron chi connectivity index (χ0n) is 10.7. The Balaban J connectivity index is 2.41. The van der Waals surface area contributed by atoms with Gasteiger partial charge in [-0.2, -0.15) is 0 Å². The standard InChI is InChI=1S/C15H17NO2/c1-4-5-12-14(17)13(15(16)18-12)11-7-9(2)6-10(3)8-11/h4,6-8,12H,1,5,16H2,2-3H3. The molecule has 1 aromatic rings. The molecular weight excluding hydrogens is 226 g/mol. The first kappa shape index (κ1) is 12.4. The highest BCUT2D eigenvalue weighted by molar-refractivity contribution is 6.25. The SMILES string of the molecule is C=CCC1OC(N)=C(c2cc(C)cc(C)c2)C1=O. The van der Waals surface area contributed by atoms with Crippen LogP contribution in [0.1, 0.15) is 23.1 Å². The monoisotopic (exact) mass is 243 g/mol. The van der Waals surface area contributed by atoms with Crippen molar-refractivity contribution < 1.29 is 9.53 Å². The predicted octanol–water partition coefficient (Wildman–Crippen LogP) is 2.47. The van der Waals surface area contributed by atoms with Gasteiger partial charge in [0.1, 0.15) is 0 Å². The van der Waals surface area contributed by atoms with Crippen LogP contribution in [0, 0.1) is 13.8 Å². The second-order valence-electron chi connectivity index (χ2n) is 4.61. The van der Waals surface area contributed by atoms with Crippen molar-refractivity contribution in [2.45, 2.75) is 26.4 Å². The van der Waals surface area contributed by atoms with Crippen LogP contribution >= 0.6 is 0 Å². The third kappa shape index (κ3) is 2.16. The van der Waals surface area contributed by atoms with Gasteiger partial charge >= 0.3 is 0 Å². The molecule has 1 aliphatic heterocycles. The molecule has 18 heavy (non-hydrogen) atoms. The fraction of sp³-hybridized carbons (Fsp3) is 0.267. The first-order valence-corrected chi connectivity index (χ1v) is 5.93. The molecule has 1 aromatic carbocycles. The van der Waals surface area contributed by atoms with E-state index >= 15 is 0 Å². The molecule has 1 unspecified atom stereocenters. The smallest absolute Gasteiger partial charge is 0.209 e. The molecule has 0 amide bonds. The zero-order valence-corrected chi connectivity index (χ0v) is 10.7. The number of carbonyl (C=O) groups excluding carboxylic acids is 1. The minimum atomic E-state index is -0.515. The second-order valence-corrected chi connectivity index (χ2v) is 4.61. The number of hydrogen-bond donors (Lipinski definition) is 1. The summed E-state index contributed by atoms with van der Waals surface area (Å²) in [5, 5.41) is 0. The Kier molecular flexibility index (Phi) is 3.24. The molecule has 1 heterocycles. The molecular formula is C15H17NO2. The Bertz CT molecular complexity index is 523. The fourth-order valence-corrected chi connectivity index (χ4v) is 2.26. The highest BCUT2D eigenvalue weighted by atomic mass is 16.5. The van der Waals surface area contributed by atoms with Gasteiger partial charge in [-0.3, -0.25) is 4.79 Å². The number of benzene rings is 1. The maximum absolute atomic E-state index is 12.2. The molecule has 0 bridgehead atoms. The summed E-state index contributed by atoms with van der Waals surface area (Å²) in [6, 6.07) is 5.96. The van der Waals surface area contributed by atoms with Crippen LogP contribution in [0.2, 0.25) is 0 Å². The van der Waals surface area contributed by atoms with E-state index in [-0.39, 0.29) is 11.7 Å². The van der Waals surface area contributed by atoms with Gasteiger partial charge in [-0.1, -0.05) is 35.4 Å². The maximum Gasteiger partial charge on any atom is 0.209 e. The van der Waals surface area contributed by atoms with E-state index in [1.54, 1.807) is 6.08 Å². The molecule has 3 nitrogen and oxygen atoms in total. The number of nitrogens with two attached hydrogens (primary N) is 1. The van der Waals surface area contributed by atoms with Crippen LogP contribution in [0.4, 0.5) is 0 Å². The van der Waals surface area contributed by atoms with Crippen molar-refractivity contribution in [3.63, 3.8) is 0 Å². The lowest BCUT2D eigenvalue weighted by atomic mass is 9.96. The third-order valence-electron chi connectivity index (χ3n) is 2.95. The van der Waals surface area contributed by atoms with Crippen LogP contribution in [-0.4, -0.2) is 11.9 Å². The van der Waals surface area contributed by atoms with E-state index in [4.69, 9.17) is 10.5 Å². The summed E-state index contributed by atoms with van der Waals surface area (Å²) in [6.45, 7) is 7.61. The van der Waals surface area contributed by atoms with Crippen LogP contribution in [-0.2, 0) is 9.53 Å². The minimum absolute atomic E-state index is 0.0580. The van der Waals surface area contributed by atoms with E-state index in [1.807, 2.05) is 26.0 Å². The second kappa shape index (κ2) is 4.69. The van der Waals surface area contributed by atoms with Crippen molar-refractivity contribution in [2.75, 3.05) is 0 Å². The van der Waals surface area contributed by atoms with E-state index in [0.717, 1.165) is 16.7 Å². The first-order chi connectivity index (χ1) is 8.52. The lowest BCUT2D eigenvalue weighted by molar-refractivity contribution is -0.119. The summed E-state index contributed by atoms with van der Waals surface area (Å²) in [5.74, 6) is 0.161. The van der Waals surface area contributed by atoms with Gasteiger partial charge in [-0.25, -0.2) is 0 Å². The maximum atomic E-state index is 12.2. The predicted molar refractivity (Wildman–Crippen MR) is 71.7 cm³/mol. The van der Waals surface area contributed by atoms with Gasteiger partial charge in [0.05, 0.1) is 5.57 Å². The van der Waals surface area contributed by atoms with E-state index in [2.05, 4.69) is 12.6 Å². The highest BCUT2D eigenvalue weighted by Gasteiger charge is 2.33. The van der Waals surface area contributed by atoms with E-state index in [9.17, 15) is 4.79 Å². The fourth-order valence-electron chi connectivity index (χ4n) is 2.26. The number of Topliss-reactive ketones (excluding diaryl/α,β-unsaturated/α-hetero) is 1. The van der Waals surface area contributed by atoms with Crippen molar-refractivity contribution >= 4 is 11.4 Å². The Morgan fingerprint density at radius 2 is 1.94 bits per heavy atom. The average molecular weight is 243 g/mol. The molecule has 0 saturated heterocycles. The number of ether oxygens (including phenoxy) is 1. The molecule has 1 atom stereocenters. The van der Waals surface area contributed by atoms with Crippen molar-refractivity contribution in [3.8, 4) is 0 Å². The molecule has 2 rings (SSSR count). The quantitative estimate of drug-likeness (QED) is 0.830. The summed E-state index contributed by atoms with van der Waals surface area (Å²) in [4.78, 5) is 12.2. The summed E-state index contributed by atoms with van der Waals surface area (Å²) in [5.41, 5.74) is 9.36. The van der Waals surface area contributed by atoms with Crippen molar-refractivity contribution in [1.82, 2.24) is 0 Å². The Labute approximate surface area is 107 Å². The summed E-state index contributed by atoms with van der Waals surface area (Å²) >= 11 is 0. The lowest BCUT2D eigenvalue weighted by Crippen LogP contribution is -2.17. The van der Waals surface area contributed by atoms with Crippen molar-refractivity contribution in [3.05, 3.63) is 53.4 Å². The van der Waals surface area contributed by atoms with Gasteiger partial charge in [0, 0.05) is 6.42 Å². The van der Waals surface area contributed by atoms with Gasteiger partial charge in [-0.15, -0.1) is 6.58 Å². The van der Waals surface area contributed by atoms with Crippen molar-refractivity contribution in [1.29, 1.82) is 0 Å². The minimum Gasteiger partial charge on any atom is -0.467 e. The summed E-state index contributed by atoms with van der Waals surface area (Å²) < 4.78 is 5.40. The first-order valence-electron chi connectivity index (χ1n) is 5.93. The molecule has 0 radical (unpaired) electrons. The molecule has 3 heteroatoms. The number of rotatable bonds is 3. The number of aryl methyl sites for hydroxylation is 2. The van der Waals surface area contributed by atoms with E-state index in [0.29, 0.717) is 12.0 Å². The number of ketones is 1. The third-order valence-corrected chi connectivity index (χ3v) is 2.95. The molecule has 1 aliphatic rings. The van der Waals surface area contributed by atoms with Gasteiger partial charge < -0.3 is 10.5 Å². The number of hydrogen-bond acceptors (Lipinski definition) is 3. The van der Waals surface area contributed by atoms with Crippen LogP contribution in [0.15, 0.2) is 36.7 Å². The molecule has 0 aromatic heterocycles. The molecule has 0 fully saturated rings. The summed E-state index contributed by atoms with van der Waals surface area (Å²) in [7, 11) is 0. The van der Waals surface area contributed by atoms with Crippen LogP contribution < -0.4 is 5.73 Å². The van der Waals surface area contributed by atoms with Crippen LogP contribution in [0.3, 0.4) is 0 Å². The Morgan fingerprint density at radius 3 is 2.50 bits per heavy atom. The number of carbonyl (C=O) groups is 1. The summed E-state index contributed by atoms with van der Waals surface area (Å²) in [6.07, 6.45) is 1.63. The van der Waals surface area contributed by atoms with E-state index in [1.165, 1.54) is 0 Å². The molecule has 0 spiro atoms. The zero-order chi connectivity index (χ0) is 13.3. The Morgan fingerprint density at radius 1 is 1.33 bits per heavy atom. The highest BCUT2D eigenvalue weighted by Crippen LogP contribution is 2.30. The molecule has 0 aliphatic carbocycles. The largest absolute Gasteiger partial charge is 0.467 e. The normalized spacial score (nSPS) is 19.0. The molecule has 0 saturated carbocycles.